The third-order valence-corrected chi connectivity index (χ3v) is 7.50. The monoisotopic (exact) mass is 466 g/mol. The molecule has 10 heteroatoms. The fraction of sp³-hybridized carbons (Fsp3) is 0.381. The number of carbonyl (C=O) groups is 3. The number of ether oxygens (including phenoxy) is 1. The van der Waals surface area contributed by atoms with E-state index in [4.69, 9.17) is 4.74 Å². The molecule has 0 saturated heterocycles. The van der Waals surface area contributed by atoms with Crippen LogP contribution in [0.3, 0.4) is 0 Å². The molecule has 0 aliphatic heterocycles. The van der Waals surface area contributed by atoms with Crippen LogP contribution in [0.4, 0.5) is 5.69 Å². The van der Waals surface area contributed by atoms with Crippen molar-refractivity contribution < 1.29 is 27.5 Å². The molecular weight excluding hydrogens is 440 g/mol. The Kier molecular flexibility index (Phi) is 8.90. The van der Waals surface area contributed by atoms with Crippen molar-refractivity contribution in [2.24, 2.45) is 0 Å². The first-order chi connectivity index (χ1) is 14.7. The summed E-state index contributed by atoms with van der Waals surface area (Å²) in [7, 11) is -3.67. The van der Waals surface area contributed by atoms with Gasteiger partial charge in [0.2, 0.25) is 10.0 Å². The number of sulfonamides is 1. The lowest BCUT2D eigenvalue weighted by atomic mass is 10.2. The van der Waals surface area contributed by atoms with E-state index in [0.717, 1.165) is 0 Å². The maximum absolute atomic E-state index is 12.7. The van der Waals surface area contributed by atoms with Crippen molar-refractivity contribution in [1.29, 1.82) is 0 Å². The van der Waals surface area contributed by atoms with E-state index in [2.05, 4.69) is 5.32 Å². The molecule has 0 saturated carbocycles. The van der Waals surface area contributed by atoms with Gasteiger partial charge >= 0.3 is 5.97 Å². The molecule has 0 atom stereocenters. The van der Waals surface area contributed by atoms with Crippen LogP contribution in [0.5, 0.6) is 0 Å². The number of thiophene rings is 1. The zero-order valence-electron chi connectivity index (χ0n) is 17.7. The molecular formula is C21H26N2O6S2. The minimum atomic E-state index is -3.67. The summed E-state index contributed by atoms with van der Waals surface area (Å²) >= 11 is 1.30. The molecule has 2 rings (SSSR count). The van der Waals surface area contributed by atoms with Crippen LogP contribution in [0.15, 0.2) is 40.6 Å². The van der Waals surface area contributed by atoms with Gasteiger partial charge in [0, 0.05) is 25.2 Å². The maximum atomic E-state index is 12.7. The SMILES string of the molecule is CCN(CC)S(=O)(=O)c1ccc(C)c(NC(=O)COC(=O)CCC(=O)c2cccs2)c1. The van der Waals surface area contributed by atoms with Crippen LogP contribution in [0.2, 0.25) is 0 Å². The van der Waals surface area contributed by atoms with Gasteiger partial charge in [-0.2, -0.15) is 4.31 Å². The standard InChI is InChI=1S/C21H26N2O6S2/c1-4-23(5-2)31(27,28)16-9-8-15(3)17(13-16)22-20(25)14-29-21(26)11-10-18(24)19-7-6-12-30-19/h6-9,12-13H,4-5,10-11,14H2,1-3H3,(H,22,25). The van der Waals surface area contributed by atoms with Gasteiger partial charge in [0.25, 0.3) is 5.91 Å². The molecule has 0 bridgehead atoms. The Hall–Kier alpha value is -2.56. The third-order valence-electron chi connectivity index (χ3n) is 4.54. The number of amides is 1. The van der Waals surface area contributed by atoms with Gasteiger partial charge in [-0.05, 0) is 36.1 Å². The number of anilines is 1. The lowest BCUT2D eigenvalue weighted by molar-refractivity contribution is -0.147. The number of carbonyl (C=O) groups excluding carboxylic acids is 3. The first-order valence-corrected chi connectivity index (χ1v) is 12.1. The van der Waals surface area contributed by atoms with Crippen LogP contribution in [-0.2, 0) is 24.3 Å². The van der Waals surface area contributed by atoms with E-state index >= 15 is 0 Å². The second-order valence-electron chi connectivity index (χ2n) is 6.68. The largest absolute Gasteiger partial charge is 0.456 e. The summed E-state index contributed by atoms with van der Waals surface area (Å²) in [4.78, 5) is 36.6. The molecule has 0 unspecified atom stereocenters. The molecule has 0 spiro atoms. The smallest absolute Gasteiger partial charge is 0.306 e. The zero-order valence-corrected chi connectivity index (χ0v) is 19.3. The highest BCUT2D eigenvalue weighted by molar-refractivity contribution is 7.89. The normalized spacial score (nSPS) is 11.4. The van der Waals surface area contributed by atoms with E-state index in [1.165, 1.54) is 27.8 Å². The summed E-state index contributed by atoms with van der Waals surface area (Å²) in [5.74, 6) is -1.41. The molecule has 8 nitrogen and oxygen atoms in total. The highest BCUT2D eigenvalue weighted by Gasteiger charge is 2.22. The molecule has 2 aromatic rings. The summed E-state index contributed by atoms with van der Waals surface area (Å²) in [6, 6.07) is 7.92. The number of esters is 1. The molecule has 0 aliphatic carbocycles. The Labute approximate surface area is 186 Å². The lowest BCUT2D eigenvalue weighted by Crippen LogP contribution is -2.30. The number of hydrogen-bond acceptors (Lipinski definition) is 7. The topological polar surface area (TPSA) is 110 Å². The molecule has 0 radical (unpaired) electrons. The molecule has 168 valence electrons. The quantitative estimate of drug-likeness (QED) is 0.402. The van der Waals surface area contributed by atoms with E-state index in [1.54, 1.807) is 44.4 Å². The van der Waals surface area contributed by atoms with Crippen molar-refractivity contribution in [3.05, 3.63) is 46.2 Å². The van der Waals surface area contributed by atoms with Gasteiger partial charge < -0.3 is 10.1 Å². The molecule has 31 heavy (non-hydrogen) atoms. The summed E-state index contributed by atoms with van der Waals surface area (Å²) in [6.45, 7) is 5.36. The summed E-state index contributed by atoms with van der Waals surface area (Å²) in [5.41, 5.74) is 0.988. The second-order valence-corrected chi connectivity index (χ2v) is 9.56. The van der Waals surface area contributed by atoms with Crippen molar-refractivity contribution in [2.45, 2.75) is 38.5 Å². The van der Waals surface area contributed by atoms with Gasteiger partial charge in [0.15, 0.2) is 12.4 Å². The number of aryl methyl sites for hydroxylation is 1. The van der Waals surface area contributed by atoms with Crippen LogP contribution in [0.25, 0.3) is 0 Å². The van der Waals surface area contributed by atoms with Crippen LogP contribution in [-0.4, -0.2) is 50.1 Å². The molecule has 0 aliphatic rings. The first kappa shape index (κ1) is 24.7. The third kappa shape index (κ3) is 6.71. The van der Waals surface area contributed by atoms with Gasteiger partial charge in [-0.3, -0.25) is 14.4 Å². The zero-order chi connectivity index (χ0) is 23.0. The van der Waals surface area contributed by atoms with E-state index in [-0.39, 0.29) is 23.5 Å². The van der Waals surface area contributed by atoms with Gasteiger partial charge in [0.1, 0.15) is 0 Å². The Morgan fingerprint density at radius 3 is 2.42 bits per heavy atom. The number of nitrogens with one attached hydrogen (secondary N) is 1. The highest BCUT2D eigenvalue weighted by Crippen LogP contribution is 2.23. The summed E-state index contributed by atoms with van der Waals surface area (Å²) < 4.78 is 31.6. The Balaban J connectivity index is 1.93. The minimum Gasteiger partial charge on any atom is -0.456 e. The van der Waals surface area contributed by atoms with Gasteiger partial charge in [-0.15, -0.1) is 11.3 Å². The van der Waals surface area contributed by atoms with Crippen LogP contribution >= 0.6 is 11.3 Å². The van der Waals surface area contributed by atoms with E-state index in [0.29, 0.717) is 29.2 Å². The van der Waals surface area contributed by atoms with Crippen molar-refractivity contribution in [3.63, 3.8) is 0 Å². The van der Waals surface area contributed by atoms with E-state index in [1.807, 2.05) is 0 Å². The number of benzene rings is 1. The Bertz CT molecular complexity index is 1030. The first-order valence-electron chi connectivity index (χ1n) is 9.82. The fourth-order valence-corrected chi connectivity index (χ4v) is 4.97. The molecule has 1 aromatic heterocycles. The molecule has 0 fully saturated rings. The minimum absolute atomic E-state index is 0.00529. The number of rotatable bonds is 11. The number of ketones is 1. The van der Waals surface area contributed by atoms with Crippen molar-refractivity contribution >= 4 is 44.7 Å². The van der Waals surface area contributed by atoms with Crippen LogP contribution in [0, 0.1) is 6.92 Å². The maximum Gasteiger partial charge on any atom is 0.306 e. The van der Waals surface area contributed by atoms with E-state index < -0.39 is 28.5 Å². The highest BCUT2D eigenvalue weighted by atomic mass is 32.2. The van der Waals surface area contributed by atoms with Gasteiger partial charge in [-0.25, -0.2) is 8.42 Å². The number of Topliss-reactive ketones (excluding diaryl/α,β-unsaturated/α-hetero) is 1. The van der Waals surface area contributed by atoms with Crippen molar-refractivity contribution in [1.82, 2.24) is 4.31 Å². The predicted molar refractivity (Wildman–Crippen MR) is 119 cm³/mol. The van der Waals surface area contributed by atoms with Crippen molar-refractivity contribution in [3.8, 4) is 0 Å². The molecule has 1 aromatic carbocycles. The predicted octanol–water partition coefficient (Wildman–Crippen LogP) is 3.23. The molecule has 1 N–H and O–H groups in total. The van der Waals surface area contributed by atoms with Gasteiger partial charge in [0.05, 0.1) is 16.2 Å². The van der Waals surface area contributed by atoms with Gasteiger partial charge in [-0.1, -0.05) is 26.0 Å². The average Bonchev–Trinajstić information content (AvgIpc) is 3.27. The number of nitrogens with zero attached hydrogens (tertiary/aromatic N) is 1. The lowest BCUT2D eigenvalue weighted by Gasteiger charge is -2.19. The van der Waals surface area contributed by atoms with Crippen LogP contribution < -0.4 is 5.32 Å². The number of hydrogen-bond donors (Lipinski definition) is 1. The summed E-state index contributed by atoms with van der Waals surface area (Å²) in [5, 5.41) is 4.35. The molecule has 1 heterocycles. The molecule has 1 amide bonds. The van der Waals surface area contributed by atoms with Crippen LogP contribution in [0.1, 0.15) is 41.9 Å². The van der Waals surface area contributed by atoms with E-state index in [9.17, 15) is 22.8 Å². The van der Waals surface area contributed by atoms with Crippen molar-refractivity contribution in [2.75, 3.05) is 25.0 Å². The summed E-state index contributed by atoms with van der Waals surface area (Å²) in [6.07, 6.45) is -0.119. The second kappa shape index (κ2) is 11.2. The Morgan fingerprint density at radius 1 is 1.10 bits per heavy atom. The average molecular weight is 467 g/mol. The Morgan fingerprint density at radius 2 is 1.81 bits per heavy atom. The fourth-order valence-electron chi connectivity index (χ4n) is 2.79.